The van der Waals surface area contributed by atoms with Crippen molar-refractivity contribution < 1.29 is 17.7 Å². The number of carbonyl (C=O) groups is 1. The van der Waals surface area contributed by atoms with Crippen molar-refractivity contribution in [3.8, 4) is 0 Å². The maximum absolute atomic E-state index is 12.1. The van der Waals surface area contributed by atoms with Crippen LogP contribution in [0.5, 0.6) is 0 Å². The van der Waals surface area contributed by atoms with E-state index in [0.717, 1.165) is 5.56 Å². The molecule has 0 unspecified atom stereocenters. The van der Waals surface area contributed by atoms with Crippen molar-refractivity contribution in [3.05, 3.63) is 41.3 Å². The third kappa shape index (κ3) is 3.28. The van der Waals surface area contributed by atoms with E-state index in [2.05, 4.69) is 10.5 Å². The molecule has 0 spiro atoms. The van der Waals surface area contributed by atoms with Crippen molar-refractivity contribution in [1.82, 2.24) is 5.16 Å². The number of anilines is 2. The van der Waals surface area contributed by atoms with E-state index in [1.165, 1.54) is 4.31 Å². The lowest BCUT2D eigenvalue weighted by molar-refractivity contribution is -0.115. The van der Waals surface area contributed by atoms with Crippen LogP contribution in [0.1, 0.15) is 23.4 Å². The van der Waals surface area contributed by atoms with Crippen LogP contribution in [0.2, 0.25) is 0 Å². The zero-order valence-corrected chi connectivity index (χ0v) is 14.4. The summed E-state index contributed by atoms with van der Waals surface area (Å²) in [6.07, 6.45) is 0.821. The molecule has 1 aliphatic rings. The summed E-state index contributed by atoms with van der Waals surface area (Å²) in [6, 6.07) is 6.81. The number of hydrogen-bond donors (Lipinski definition) is 1. The Morgan fingerprint density at radius 3 is 2.54 bits per heavy atom. The molecule has 8 heteroatoms. The first-order valence-corrected chi connectivity index (χ1v) is 9.30. The lowest BCUT2D eigenvalue weighted by Crippen LogP contribution is -2.25. The molecule has 2 heterocycles. The Labute approximate surface area is 140 Å². The summed E-state index contributed by atoms with van der Waals surface area (Å²) in [5.41, 5.74) is 2.73. The van der Waals surface area contributed by atoms with Crippen LogP contribution in [-0.2, 0) is 21.2 Å². The monoisotopic (exact) mass is 349 g/mol. The summed E-state index contributed by atoms with van der Waals surface area (Å²) in [7, 11) is -3.19. The lowest BCUT2D eigenvalue weighted by Gasteiger charge is -2.17. The normalized spacial score (nSPS) is 16.3. The van der Waals surface area contributed by atoms with Crippen LogP contribution >= 0.6 is 0 Å². The number of nitrogens with zero attached hydrogens (tertiary/aromatic N) is 2. The smallest absolute Gasteiger partial charge is 0.235 e. The summed E-state index contributed by atoms with van der Waals surface area (Å²) in [5, 5.41) is 6.62. The zero-order valence-electron chi connectivity index (χ0n) is 13.6. The van der Waals surface area contributed by atoms with Crippen LogP contribution < -0.4 is 9.62 Å². The number of rotatable bonds is 4. The number of benzene rings is 1. The van der Waals surface area contributed by atoms with Crippen LogP contribution in [-0.4, -0.2) is 31.8 Å². The van der Waals surface area contributed by atoms with Gasteiger partial charge in [-0.05, 0) is 44.5 Å². The second kappa shape index (κ2) is 6.27. The first-order valence-electron chi connectivity index (χ1n) is 7.69. The minimum Gasteiger partial charge on any atom is -0.361 e. The SMILES string of the molecule is Cc1noc(C)c1CC(=O)Nc1ccc(N2CCCS2(=O)=O)cc1. The Morgan fingerprint density at radius 2 is 2.00 bits per heavy atom. The fourth-order valence-corrected chi connectivity index (χ4v) is 4.33. The molecule has 24 heavy (non-hydrogen) atoms. The van der Waals surface area contributed by atoms with Gasteiger partial charge in [-0.15, -0.1) is 0 Å². The molecule has 0 bridgehead atoms. The summed E-state index contributed by atoms with van der Waals surface area (Å²) in [6.45, 7) is 4.07. The average Bonchev–Trinajstić information content (AvgIpc) is 3.04. The van der Waals surface area contributed by atoms with E-state index in [1.807, 2.05) is 0 Å². The molecular formula is C16H19N3O4S. The molecule has 1 amide bonds. The molecule has 1 fully saturated rings. The van der Waals surface area contributed by atoms with E-state index >= 15 is 0 Å². The van der Waals surface area contributed by atoms with Gasteiger partial charge in [0.15, 0.2) is 0 Å². The Balaban J connectivity index is 1.67. The van der Waals surface area contributed by atoms with Crippen molar-refractivity contribution in [2.24, 2.45) is 0 Å². The predicted molar refractivity (Wildman–Crippen MR) is 90.5 cm³/mol. The van der Waals surface area contributed by atoms with Crippen molar-refractivity contribution in [2.75, 3.05) is 21.9 Å². The van der Waals surface area contributed by atoms with E-state index < -0.39 is 10.0 Å². The highest BCUT2D eigenvalue weighted by Crippen LogP contribution is 2.25. The first-order chi connectivity index (χ1) is 11.4. The highest BCUT2D eigenvalue weighted by Gasteiger charge is 2.28. The fraction of sp³-hybridized carbons (Fsp3) is 0.375. The van der Waals surface area contributed by atoms with Crippen molar-refractivity contribution in [2.45, 2.75) is 26.7 Å². The van der Waals surface area contributed by atoms with E-state index in [9.17, 15) is 13.2 Å². The highest BCUT2D eigenvalue weighted by molar-refractivity contribution is 7.93. The van der Waals surface area contributed by atoms with Gasteiger partial charge in [-0.3, -0.25) is 9.10 Å². The van der Waals surface area contributed by atoms with Gasteiger partial charge in [0.2, 0.25) is 15.9 Å². The Kier molecular flexibility index (Phi) is 4.31. The Bertz CT molecular complexity index is 836. The van der Waals surface area contributed by atoms with Gasteiger partial charge >= 0.3 is 0 Å². The van der Waals surface area contributed by atoms with Gasteiger partial charge in [-0.25, -0.2) is 8.42 Å². The van der Waals surface area contributed by atoms with E-state index in [-0.39, 0.29) is 18.1 Å². The van der Waals surface area contributed by atoms with Gasteiger partial charge in [0.1, 0.15) is 5.76 Å². The van der Waals surface area contributed by atoms with Crippen LogP contribution in [0, 0.1) is 13.8 Å². The first kappa shape index (κ1) is 16.5. The lowest BCUT2D eigenvalue weighted by atomic mass is 10.1. The van der Waals surface area contributed by atoms with Crippen LogP contribution in [0.25, 0.3) is 0 Å². The molecule has 1 aliphatic heterocycles. The maximum atomic E-state index is 12.1. The summed E-state index contributed by atoms with van der Waals surface area (Å²) < 4.78 is 30.3. The topological polar surface area (TPSA) is 92.5 Å². The Morgan fingerprint density at radius 1 is 1.29 bits per heavy atom. The highest BCUT2D eigenvalue weighted by atomic mass is 32.2. The summed E-state index contributed by atoms with van der Waals surface area (Å²) in [5.74, 6) is 0.645. The Hall–Kier alpha value is -2.35. The quantitative estimate of drug-likeness (QED) is 0.911. The molecule has 0 saturated carbocycles. The largest absolute Gasteiger partial charge is 0.361 e. The van der Waals surface area contributed by atoms with Gasteiger partial charge in [-0.2, -0.15) is 0 Å². The molecule has 1 N–H and O–H groups in total. The standard InChI is InChI=1S/C16H19N3O4S/c1-11-15(12(2)23-18-11)10-16(20)17-13-4-6-14(7-5-13)19-8-3-9-24(19,21)22/h4-7H,3,8-10H2,1-2H3,(H,17,20). The molecule has 1 aromatic carbocycles. The maximum Gasteiger partial charge on any atom is 0.235 e. The molecule has 0 aliphatic carbocycles. The minimum atomic E-state index is -3.19. The number of aromatic nitrogens is 1. The third-order valence-electron chi connectivity index (χ3n) is 4.06. The minimum absolute atomic E-state index is 0.175. The number of sulfonamides is 1. The van der Waals surface area contributed by atoms with Gasteiger partial charge in [0.05, 0.1) is 23.6 Å². The molecular weight excluding hydrogens is 330 g/mol. The molecule has 1 saturated heterocycles. The van der Waals surface area contributed by atoms with Gasteiger partial charge in [0, 0.05) is 17.8 Å². The molecule has 7 nitrogen and oxygen atoms in total. The van der Waals surface area contributed by atoms with Crippen molar-refractivity contribution >= 4 is 27.3 Å². The number of carbonyl (C=O) groups excluding carboxylic acids is 1. The van der Waals surface area contributed by atoms with Gasteiger partial charge in [0.25, 0.3) is 0 Å². The fourth-order valence-electron chi connectivity index (χ4n) is 2.76. The molecule has 1 aromatic heterocycles. The van der Waals surface area contributed by atoms with Crippen LogP contribution in [0.3, 0.4) is 0 Å². The molecule has 0 atom stereocenters. The van der Waals surface area contributed by atoms with E-state index in [1.54, 1.807) is 38.1 Å². The zero-order chi connectivity index (χ0) is 17.3. The van der Waals surface area contributed by atoms with Gasteiger partial charge in [-0.1, -0.05) is 5.16 Å². The van der Waals surface area contributed by atoms with Crippen LogP contribution in [0.15, 0.2) is 28.8 Å². The van der Waals surface area contributed by atoms with Crippen LogP contribution in [0.4, 0.5) is 11.4 Å². The predicted octanol–water partition coefficient (Wildman–Crippen LogP) is 2.01. The second-order valence-corrected chi connectivity index (χ2v) is 7.83. The van der Waals surface area contributed by atoms with Crippen molar-refractivity contribution in [3.63, 3.8) is 0 Å². The second-order valence-electron chi connectivity index (χ2n) is 5.82. The molecule has 2 aromatic rings. The van der Waals surface area contributed by atoms with Gasteiger partial charge < -0.3 is 9.84 Å². The molecule has 0 radical (unpaired) electrons. The number of hydrogen-bond acceptors (Lipinski definition) is 5. The average molecular weight is 349 g/mol. The molecule has 128 valence electrons. The van der Waals surface area contributed by atoms with Crippen molar-refractivity contribution in [1.29, 1.82) is 0 Å². The number of nitrogens with one attached hydrogen (secondary N) is 1. The van der Waals surface area contributed by atoms with E-state index in [0.29, 0.717) is 35.8 Å². The summed E-state index contributed by atoms with van der Waals surface area (Å²) >= 11 is 0. The number of aryl methyl sites for hydroxylation is 2. The molecule has 3 rings (SSSR count). The van der Waals surface area contributed by atoms with E-state index in [4.69, 9.17) is 4.52 Å². The third-order valence-corrected chi connectivity index (χ3v) is 5.93. The summed E-state index contributed by atoms with van der Waals surface area (Å²) in [4.78, 5) is 12.1. The number of amides is 1.